The summed E-state index contributed by atoms with van der Waals surface area (Å²) in [6.45, 7) is 1.90. The molecule has 2 rings (SSSR count). The van der Waals surface area contributed by atoms with Gasteiger partial charge in [-0.3, -0.25) is 0 Å². The molecule has 82 valence electrons. The number of phenolic OH excluding ortho intramolecular Hbond substituents is 1. The van der Waals surface area contributed by atoms with Crippen LogP contribution in [0.3, 0.4) is 0 Å². The summed E-state index contributed by atoms with van der Waals surface area (Å²) in [5.41, 5.74) is 1.36. The van der Waals surface area contributed by atoms with Gasteiger partial charge in [0.05, 0.1) is 5.56 Å². The highest BCUT2D eigenvalue weighted by atomic mass is 19.1. The monoisotopic (exact) mass is 220 g/mol. The average Bonchev–Trinajstić information content (AvgIpc) is 2.19. The Kier molecular flexibility index (Phi) is 2.60. The third-order valence-corrected chi connectivity index (χ3v) is 2.37. The molecule has 0 aliphatic heterocycles. The number of rotatable bonds is 1. The van der Waals surface area contributed by atoms with Crippen LogP contribution >= 0.6 is 0 Å². The zero-order valence-corrected chi connectivity index (χ0v) is 8.67. The van der Waals surface area contributed by atoms with E-state index in [0.717, 1.165) is 17.7 Å². The van der Waals surface area contributed by atoms with Crippen molar-refractivity contribution in [2.45, 2.75) is 6.92 Å². The maximum atomic E-state index is 13.5. The summed E-state index contributed by atoms with van der Waals surface area (Å²) >= 11 is 0. The van der Waals surface area contributed by atoms with Crippen molar-refractivity contribution in [3.05, 3.63) is 53.6 Å². The Hall–Kier alpha value is -1.90. The van der Waals surface area contributed by atoms with Crippen molar-refractivity contribution in [1.82, 2.24) is 0 Å². The predicted molar refractivity (Wildman–Crippen MR) is 58.2 cm³/mol. The largest absolute Gasteiger partial charge is 0.508 e. The van der Waals surface area contributed by atoms with Crippen LogP contribution in [0.2, 0.25) is 0 Å². The molecule has 3 heteroatoms. The van der Waals surface area contributed by atoms with E-state index in [1.165, 1.54) is 0 Å². The fraction of sp³-hybridized carbons (Fsp3) is 0.0769. The Bertz CT molecular complexity index is 495. The van der Waals surface area contributed by atoms with E-state index in [2.05, 4.69) is 0 Å². The highest BCUT2D eigenvalue weighted by Gasteiger charge is 2.12. The molecule has 0 heterocycles. The first-order chi connectivity index (χ1) is 7.58. The van der Waals surface area contributed by atoms with Gasteiger partial charge < -0.3 is 5.11 Å². The lowest BCUT2D eigenvalue weighted by atomic mass is 10.0. The second-order valence-electron chi connectivity index (χ2n) is 3.65. The molecule has 0 aliphatic rings. The van der Waals surface area contributed by atoms with Gasteiger partial charge in [0.2, 0.25) is 0 Å². The van der Waals surface area contributed by atoms with E-state index in [1.807, 2.05) is 6.92 Å². The van der Waals surface area contributed by atoms with E-state index in [0.29, 0.717) is 5.56 Å². The Morgan fingerprint density at radius 2 is 1.44 bits per heavy atom. The van der Waals surface area contributed by atoms with E-state index in [1.54, 1.807) is 24.3 Å². The minimum Gasteiger partial charge on any atom is -0.508 e. The summed E-state index contributed by atoms with van der Waals surface area (Å²) in [5.74, 6) is -1.94. The van der Waals surface area contributed by atoms with Crippen molar-refractivity contribution in [2.75, 3.05) is 0 Å². The molecule has 0 saturated heterocycles. The van der Waals surface area contributed by atoms with Crippen LogP contribution in [0.4, 0.5) is 8.78 Å². The normalized spacial score (nSPS) is 10.4. The van der Waals surface area contributed by atoms with Gasteiger partial charge in [0, 0.05) is 12.1 Å². The molecule has 0 aromatic heterocycles. The fourth-order valence-corrected chi connectivity index (χ4v) is 1.56. The van der Waals surface area contributed by atoms with Crippen molar-refractivity contribution in [1.29, 1.82) is 0 Å². The van der Waals surface area contributed by atoms with Crippen molar-refractivity contribution < 1.29 is 13.9 Å². The molecule has 0 fully saturated rings. The molecule has 0 atom stereocenters. The number of halogens is 2. The molecule has 0 saturated carbocycles. The van der Waals surface area contributed by atoms with Crippen LogP contribution in [0.15, 0.2) is 36.4 Å². The predicted octanol–water partition coefficient (Wildman–Crippen LogP) is 3.65. The molecule has 0 aliphatic carbocycles. The number of benzene rings is 2. The second kappa shape index (κ2) is 3.93. The SMILES string of the molecule is Cc1ccc(-c2c(F)cc(O)cc2F)cc1. The third kappa shape index (κ3) is 1.89. The van der Waals surface area contributed by atoms with E-state index in [9.17, 15) is 8.78 Å². The van der Waals surface area contributed by atoms with Gasteiger partial charge in [-0.1, -0.05) is 29.8 Å². The lowest BCUT2D eigenvalue weighted by molar-refractivity contribution is 0.461. The van der Waals surface area contributed by atoms with Crippen LogP contribution in [-0.4, -0.2) is 5.11 Å². The molecular weight excluding hydrogens is 210 g/mol. The van der Waals surface area contributed by atoms with Crippen molar-refractivity contribution >= 4 is 0 Å². The summed E-state index contributed by atoms with van der Waals surface area (Å²) in [4.78, 5) is 0. The molecule has 0 bridgehead atoms. The average molecular weight is 220 g/mol. The van der Waals surface area contributed by atoms with Gasteiger partial charge >= 0.3 is 0 Å². The summed E-state index contributed by atoms with van der Waals surface area (Å²) < 4.78 is 27.0. The number of hydrogen-bond donors (Lipinski definition) is 1. The Balaban J connectivity index is 2.60. The zero-order valence-electron chi connectivity index (χ0n) is 8.67. The van der Waals surface area contributed by atoms with Gasteiger partial charge in [-0.15, -0.1) is 0 Å². The summed E-state index contributed by atoms with van der Waals surface area (Å²) in [7, 11) is 0. The van der Waals surface area contributed by atoms with E-state index in [4.69, 9.17) is 5.11 Å². The minimum atomic E-state index is -0.763. The van der Waals surface area contributed by atoms with Crippen LogP contribution in [-0.2, 0) is 0 Å². The van der Waals surface area contributed by atoms with E-state index in [-0.39, 0.29) is 5.56 Å². The standard InChI is InChI=1S/C13H10F2O/c1-8-2-4-9(5-3-8)13-11(14)6-10(16)7-12(13)15/h2-7,16H,1H3. The second-order valence-corrected chi connectivity index (χ2v) is 3.65. The van der Waals surface area contributed by atoms with E-state index < -0.39 is 17.4 Å². The Labute approximate surface area is 92.0 Å². The smallest absolute Gasteiger partial charge is 0.137 e. The summed E-state index contributed by atoms with van der Waals surface area (Å²) in [5, 5.41) is 9.03. The number of hydrogen-bond acceptors (Lipinski definition) is 1. The molecule has 0 amide bonds. The van der Waals surface area contributed by atoms with Crippen molar-refractivity contribution in [3.8, 4) is 16.9 Å². The highest BCUT2D eigenvalue weighted by Crippen LogP contribution is 2.29. The van der Waals surface area contributed by atoms with Crippen molar-refractivity contribution in [2.24, 2.45) is 0 Å². The lowest BCUT2D eigenvalue weighted by Crippen LogP contribution is -1.90. The maximum absolute atomic E-state index is 13.5. The first-order valence-corrected chi connectivity index (χ1v) is 4.83. The van der Waals surface area contributed by atoms with Crippen LogP contribution in [0.1, 0.15) is 5.56 Å². The molecule has 2 aromatic rings. The van der Waals surface area contributed by atoms with Crippen molar-refractivity contribution in [3.63, 3.8) is 0 Å². The van der Waals surface area contributed by atoms with Crippen LogP contribution in [0, 0.1) is 18.6 Å². The molecule has 1 N–H and O–H groups in total. The third-order valence-electron chi connectivity index (χ3n) is 2.37. The minimum absolute atomic E-state index is 0.113. The quantitative estimate of drug-likeness (QED) is 0.777. The van der Waals surface area contributed by atoms with Gasteiger partial charge in [0.15, 0.2) is 0 Å². The Morgan fingerprint density at radius 1 is 0.938 bits per heavy atom. The fourth-order valence-electron chi connectivity index (χ4n) is 1.56. The summed E-state index contributed by atoms with van der Waals surface area (Å²) in [6.07, 6.45) is 0. The number of phenols is 1. The molecule has 1 nitrogen and oxygen atoms in total. The Morgan fingerprint density at radius 3 is 1.94 bits per heavy atom. The van der Waals surface area contributed by atoms with E-state index >= 15 is 0 Å². The van der Waals surface area contributed by atoms with Gasteiger partial charge in [0.1, 0.15) is 17.4 Å². The lowest BCUT2D eigenvalue weighted by Gasteiger charge is -2.06. The molecule has 16 heavy (non-hydrogen) atoms. The van der Waals surface area contributed by atoms with Crippen LogP contribution in [0.5, 0.6) is 5.75 Å². The molecular formula is C13H10F2O. The number of aromatic hydroxyl groups is 1. The highest BCUT2D eigenvalue weighted by molar-refractivity contribution is 5.66. The molecule has 0 unspecified atom stereocenters. The topological polar surface area (TPSA) is 20.2 Å². The maximum Gasteiger partial charge on any atom is 0.137 e. The van der Waals surface area contributed by atoms with Gasteiger partial charge in [-0.2, -0.15) is 0 Å². The summed E-state index contributed by atoms with van der Waals surface area (Å²) in [6, 6.07) is 8.65. The molecule has 0 radical (unpaired) electrons. The van der Waals surface area contributed by atoms with Crippen LogP contribution in [0.25, 0.3) is 11.1 Å². The molecule has 0 spiro atoms. The number of aryl methyl sites for hydroxylation is 1. The first-order valence-electron chi connectivity index (χ1n) is 4.83. The van der Waals surface area contributed by atoms with Gasteiger partial charge in [-0.25, -0.2) is 8.78 Å². The van der Waals surface area contributed by atoms with Gasteiger partial charge in [0.25, 0.3) is 0 Å². The zero-order chi connectivity index (χ0) is 11.7. The van der Waals surface area contributed by atoms with Crippen LogP contribution < -0.4 is 0 Å². The first kappa shape index (κ1) is 10.6. The van der Waals surface area contributed by atoms with Gasteiger partial charge in [-0.05, 0) is 12.5 Å². The molecule has 2 aromatic carbocycles.